The Bertz CT molecular complexity index is 3490. The Balaban J connectivity index is 1.22. The van der Waals surface area contributed by atoms with E-state index in [1.165, 1.54) is 0 Å². The van der Waals surface area contributed by atoms with Crippen LogP contribution in [-0.4, -0.2) is 24.1 Å². The number of nitrogens with zero attached hydrogens (tertiary/aromatic N) is 6. The van der Waals surface area contributed by atoms with Crippen molar-refractivity contribution in [2.24, 2.45) is 0 Å². The Morgan fingerprint density at radius 1 is 0.482 bits per heavy atom. The monoisotopic (exact) mass is 717 g/mol. The summed E-state index contributed by atoms with van der Waals surface area (Å²) in [6.07, 6.45) is 0. The van der Waals surface area contributed by atoms with Gasteiger partial charge in [-0.1, -0.05) is 133 Å². The van der Waals surface area contributed by atoms with Gasteiger partial charge in [0.1, 0.15) is 6.07 Å². The lowest BCUT2D eigenvalue weighted by Gasteiger charge is -2.13. The molecule has 3 heterocycles. The lowest BCUT2D eigenvalue weighted by atomic mass is 10.1. The van der Waals surface area contributed by atoms with Crippen molar-refractivity contribution >= 4 is 54.4 Å². The molecule has 0 aliphatic carbocycles. The lowest BCUT2D eigenvalue weighted by Crippen LogP contribution is -2.02. The van der Waals surface area contributed by atoms with Gasteiger partial charge in [-0.2, -0.15) is 5.26 Å². The minimum atomic E-state index is -0.259. The molecule has 0 N–H and O–H groups in total. The molecule has 0 saturated heterocycles. The van der Waals surface area contributed by atoms with Gasteiger partial charge in [0, 0.05) is 43.9 Å². The summed E-state index contributed by atoms with van der Waals surface area (Å²) in [5.41, 5.74) is 6.05. The van der Waals surface area contributed by atoms with Gasteiger partial charge in [0.15, 0.2) is 17.5 Å². The van der Waals surface area contributed by atoms with Crippen molar-refractivity contribution < 1.29 is 4.11 Å². The Labute approximate surface area is 326 Å². The average molecular weight is 718 g/mol. The van der Waals surface area contributed by atoms with Crippen molar-refractivity contribution in [3.63, 3.8) is 0 Å². The van der Waals surface area contributed by atoms with Gasteiger partial charge in [0.25, 0.3) is 0 Å². The molecule has 0 atom stereocenters. The van der Waals surface area contributed by atoms with Gasteiger partial charge < -0.3 is 9.13 Å². The van der Waals surface area contributed by atoms with Gasteiger partial charge >= 0.3 is 0 Å². The fourth-order valence-electron chi connectivity index (χ4n) is 8.02. The highest BCUT2D eigenvalue weighted by Crippen LogP contribution is 2.43. The maximum atomic E-state index is 11.0. The molecule has 6 heteroatoms. The zero-order valence-electron chi connectivity index (χ0n) is 32.8. The summed E-state index contributed by atoms with van der Waals surface area (Å²) in [7, 11) is 0. The molecular formula is C50H30N6. The van der Waals surface area contributed by atoms with Gasteiger partial charge in [-0.3, -0.25) is 0 Å². The van der Waals surface area contributed by atoms with E-state index in [0.717, 1.165) is 71.2 Å². The summed E-state index contributed by atoms with van der Waals surface area (Å²) in [6.45, 7) is 0. The fourth-order valence-corrected chi connectivity index (χ4v) is 8.02. The third-order valence-corrected chi connectivity index (χ3v) is 10.5. The zero-order chi connectivity index (χ0) is 39.8. The SMILES string of the molecule is [2H]c1c([2H])c(-n2c3ccccc3c3ccc4c(c5ccccc5n4-c4ccc5ccccc5c4)c32)c(C#N)c([2H])c1-c1nc(-c2ccccc2)nc(-c2ccccc2)n1. The molecule has 11 rings (SSSR count). The molecule has 6 nitrogen and oxygen atoms in total. The predicted molar refractivity (Wildman–Crippen MR) is 227 cm³/mol. The number of rotatable bonds is 5. The summed E-state index contributed by atoms with van der Waals surface area (Å²) in [4.78, 5) is 14.4. The molecule has 0 aliphatic heterocycles. The summed E-state index contributed by atoms with van der Waals surface area (Å²) in [5.74, 6) is 0.761. The molecule has 0 aliphatic rings. The van der Waals surface area contributed by atoms with Gasteiger partial charge in [0.05, 0.1) is 37.4 Å². The van der Waals surface area contributed by atoms with Crippen LogP contribution in [0.25, 0.3) is 99.9 Å². The Hall–Kier alpha value is -7.88. The van der Waals surface area contributed by atoms with Crippen LogP contribution in [0.2, 0.25) is 0 Å². The highest BCUT2D eigenvalue weighted by atomic mass is 15.0. The van der Waals surface area contributed by atoms with Gasteiger partial charge in [0.2, 0.25) is 0 Å². The van der Waals surface area contributed by atoms with E-state index in [9.17, 15) is 9.37 Å². The molecule has 8 aromatic carbocycles. The number of fused-ring (bicyclic) bond motifs is 8. The summed E-state index contributed by atoms with van der Waals surface area (Å²) in [6, 6.07) is 55.7. The molecule has 260 valence electrons. The third-order valence-electron chi connectivity index (χ3n) is 10.5. The molecular weight excluding hydrogens is 685 g/mol. The predicted octanol–water partition coefficient (Wildman–Crippen LogP) is 12.1. The third kappa shape index (κ3) is 4.92. The van der Waals surface area contributed by atoms with Crippen molar-refractivity contribution in [1.82, 2.24) is 24.1 Å². The van der Waals surface area contributed by atoms with Crippen molar-refractivity contribution in [3.8, 4) is 51.6 Å². The first-order chi connectivity index (χ1) is 29.0. The summed E-state index contributed by atoms with van der Waals surface area (Å²) < 4.78 is 33.2. The van der Waals surface area contributed by atoms with Crippen LogP contribution >= 0.6 is 0 Å². The molecule has 0 spiro atoms. The molecule has 0 bridgehead atoms. The van der Waals surface area contributed by atoms with Crippen LogP contribution in [0.15, 0.2) is 182 Å². The first-order valence-corrected chi connectivity index (χ1v) is 18.4. The van der Waals surface area contributed by atoms with Crippen molar-refractivity contribution in [3.05, 3.63) is 187 Å². The zero-order valence-corrected chi connectivity index (χ0v) is 29.8. The maximum Gasteiger partial charge on any atom is 0.164 e. The van der Waals surface area contributed by atoms with Crippen LogP contribution in [0.3, 0.4) is 0 Å². The molecule has 0 radical (unpaired) electrons. The van der Waals surface area contributed by atoms with Gasteiger partial charge in [-0.25, -0.2) is 15.0 Å². The van der Waals surface area contributed by atoms with Crippen molar-refractivity contribution in [2.75, 3.05) is 0 Å². The van der Waals surface area contributed by atoms with Crippen LogP contribution in [-0.2, 0) is 0 Å². The normalized spacial score (nSPS) is 12.3. The number of aromatic nitrogens is 5. The first-order valence-electron chi connectivity index (χ1n) is 19.9. The number of hydrogen-bond donors (Lipinski definition) is 0. The molecule has 0 saturated carbocycles. The minimum Gasteiger partial charge on any atom is -0.309 e. The second kappa shape index (κ2) is 12.6. The van der Waals surface area contributed by atoms with Gasteiger partial charge in [-0.05, 0) is 59.2 Å². The van der Waals surface area contributed by atoms with E-state index in [4.69, 9.17) is 15.0 Å². The molecule has 56 heavy (non-hydrogen) atoms. The standard InChI is InChI=1S/C50H30N6/c51-31-37-29-36(50-53-48(33-14-3-1-4-15-33)52-49(54-50)34-16-5-2-6-17-34)24-27-42(37)56-43-21-11-9-19-39(43)40-26-28-45-46(47(40)56)41-20-10-12-22-44(41)55(45)38-25-23-32-13-7-8-18-35(32)30-38/h1-30H/i24D,27D,29D. The topological polar surface area (TPSA) is 72.3 Å². The molecule has 0 amide bonds. The van der Waals surface area contributed by atoms with Gasteiger partial charge in [-0.15, -0.1) is 0 Å². The van der Waals surface area contributed by atoms with E-state index in [1.54, 1.807) is 0 Å². The molecule has 0 unspecified atom stereocenters. The quantitative estimate of drug-likeness (QED) is 0.178. The van der Waals surface area contributed by atoms with Crippen LogP contribution in [0.5, 0.6) is 0 Å². The molecule has 11 aromatic rings. The van der Waals surface area contributed by atoms with E-state index in [1.807, 2.05) is 114 Å². The second-order valence-corrected chi connectivity index (χ2v) is 13.7. The highest BCUT2D eigenvalue weighted by molar-refractivity contribution is 6.26. The van der Waals surface area contributed by atoms with E-state index >= 15 is 0 Å². The van der Waals surface area contributed by atoms with E-state index < -0.39 is 0 Å². The number of nitriles is 1. The van der Waals surface area contributed by atoms with Crippen LogP contribution in [0.1, 0.15) is 9.68 Å². The average Bonchev–Trinajstić information content (AvgIpc) is 3.81. The van der Waals surface area contributed by atoms with Crippen LogP contribution < -0.4 is 0 Å². The number of hydrogen-bond acceptors (Lipinski definition) is 4. The Morgan fingerprint density at radius 3 is 1.77 bits per heavy atom. The largest absolute Gasteiger partial charge is 0.309 e. The van der Waals surface area contributed by atoms with E-state index in [2.05, 4.69) is 65.2 Å². The maximum absolute atomic E-state index is 11.0. The van der Waals surface area contributed by atoms with Crippen LogP contribution in [0.4, 0.5) is 0 Å². The Morgan fingerprint density at radius 2 is 1.07 bits per heavy atom. The number of para-hydroxylation sites is 2. The summed E-state index contributed by atoms with van der Waals surface area (Å²) >= 11 is 0. The first kappa shape index (κ1) is 28.6. The van der Waals surface area contributed by atoms with E-state index in [0.29, 0.717) is 11.6 Å². The highest BCUT2D eigenvalue weighted by Gasteiger charge is 2.23. The summed E-state index contributed by atoms with van der Waals surface area (Å²) in [5, 5.41) is 17.1. The van der Waals surface area contributed by atoms with Crippen molar-refractivity contribution in [2.45, 2.75) is 0 Å². The Kier molecular flexibility index (Phi) is 6.44. The van der Waals surface area contributed by atoms with E-state index in [-0.39, 0.29) is 40.8 Å². The lowest BCUT2D eigenvalue weighted by molar-refractivity contribution is 1.07. The smallest absolute Gasteiger partial charge is 0.164 e. The fraction of sp³-hybridized carbons (Fsp3) is 0. The number of benzene rings is 8. The second-order valence-electron chi connectivity index (χ2n) is 13.7. The molecule has 3 aromatic heterocycles. The van der Waals surface area contributed by atoms with Crippen LogP contribution in [0, 0.1) is 11.3 Å². The minimum absolute atomic E-state index is 0.00844. The van der Waals surface area contributed by atoms with Crippen molar-refractivity contribution in [1.29, 1.82) is 5.26 Å². The molecule has 0 fully saturated rings.